The number of nitrogens with zero attached hydrogens (tertiary/aromatic N) is 3. The first-order valence-corrected chi connectivity index (χ1v) is 14.7. The number of allylic oxidation sites excluding steroid dienone is 1. The topological polar surface area (TPSA) is 114 Å². The first-order valence-electron chi connectivity index (χ1n) is 14.7. The highest BCUT2D eigenvalue weighted by molar-refractivity contribution is 5.34. The standard InChI is InChI=1S/C32H47N5O4/c1-4-9-27-11-5-6-13-32(27)41-24-29(38)20-33-18-7-12-28-22-37(36-35-28)19-8-10-26-14-16-31(17-15-26)40-23-30(39)21-34-25(2)3/h4-6,11,13-17,22,25,29-30,33-34,38-39H,1,7-10,12,18-21,23-24H2,2-3H3/t29-,30-/m0/s1. The number of aliphatic hydroxyl groups excluding tert-OH is 2. The predicted octanol–water partition coefficient (Wildman–Crippen LogP) is 3.34. The van der Waals surface area contributed by atoms with Gasteiger partial charge in [-0.3, -0.25) is 4.68 Å². The maximum absolute atomic E-state index is 10.3. The third-order valence-corrected chi connectivity index (χ3v) is 6.50. The van der Waals surface area contributed by atoms with E-state index >= 15 is 0 Å². The molecular weight excluding hydrogens is 518 g/mol. The zero-order valence-electron chi connectivity index (χ0n) is 24.5. The summed E-state index contributed by atoms with van der Waals surface area (Å²) in [4.78, 5) is 0. The second-order valence-corrected chi connectivity index (χ2v) is 10.6. The average Bonchev–Trinajstić information content (AvgIpc) is 3.42. The second kappa shape index (κ2) is 18.2. The molecule has 9 heteroatoms. The maximum Gasteiger partial charge on any atom is 0.122 e. The minimum Gasteiger partial charge on any atom is -0.491 e. The number of hydrogen-bond donors (Lipinski definition) is 4. The summed E-state index contributed by atoms with van der Waals surface area (Å²) >= 11 is 0. The van der Waals surface area contributed by atoms with Gasteiger partial charge in [0.2, 0.25) is 0 Å². The molecule has 1 aromatic heterocycles. The van der Waals surface area contributed by atoms with Crippen LogP contribution in [-0.2, 0) is 25.8 Å². The van der Waals surface area contributed by atoms with E-state index in [-0.39, 0.29) is 13.2 Å². The number of aliphatic hydroxyl groups is 2. The maximum atomic E-state index is 10.3. The Labute approximate surface area is 244 Å². The number of benzene rings is 2. The summed E-state index contributed by atoms with van der Waals surface area (Å²) in [5, 5.41) is 35.3. The van der Waals surface area contributed by atoms with Gasteiger partial charge in [-0.15, -0.1) is 11.7 Å². The number of nitrogens with one attached hydrogen (secondary N) is 2. The summed E-state index contributed by atoms with van der Waals surface area (Å²) in [7, 11) is 0. The van der Waals surface area contributed by atoms with Gasteiger partial charge in [-0.05, 0) is 68.0 Å². The van der Waals surface area contributed by atoms with Crippen LogP contribution in [0, 0.1) is 0 Å². The number of ether oxygens (including phenoxy) is 2. The van der Waals surface area contributed by atoms with Crippen LogP contribution in [0.2, 0.25) is 0 Å². The number of aryl methyl sites for hydroxylation is 3. The van der Waals surface area contributed by atoms with Crippen molar-refractivity contribution in [3.63, 3.8) is 0 Å². The number of aromatic nitrogens is 3. The molecule has 0 bridgehead atoms. The van der Waals surface area contributed by atoms with E-state index in [0.29, 0.717) is 19.1 Å². The van der Waals surface area contributed by atoms with Crippen molar-refractivity contribution in [1.82, 2.24) is 25.6 Å². The second-order valence-electron chi connectivity index (χ2n) is 10.6. The van der Waals surface area contributed by atoms with Crippen molar-refractivity contribution in [3.8, 4) is 11.5 Å². The summed E-state index contributed by atoms with van der Waals surface area (Å²) in [6, 6.07) is 16.2. The van der Waals surface area contributed by atoms with E-state index in [2.05, 4.69) is 39.7 Å². The number of para-hydroxylation sites is 1. The van der Waals surface area contributed by atoms with Gasteiger partial charge in [0, 0.05) is 31.9 Å². The van der Waals surface area contributed by atoms with Crippen LogP contribution in [0.3, 0.4) is 0 Å². The minimum atomic E-state index is -0.582. The molecule has 0 amide bonds. The van der Waals surface area contributed by atoms with Gasteiger partial charge in [-0.25, -0.2) is 0 Å². The fourth-order valence-electron chi connectivity index (χ4n) is 4.26. The summed E-state index contributed by atoms with van der Waals surface area (Å²) < 4.78 is 13.4. The van der Waals surface area contributed by atoms with Gasteiger partial charge >= 0.3 is 0 Å². The van der Waals surface area contributed by atoms with Gasteiger partial charge in [0.05, 0.1) is 5.69 Å². The van der Waals surface area contributed by atoms with Crippen LogP contribution in [0.4, 0.5) is 0 Å². The van der Waals surface area contributed by atoms with Crippen molar-refractivity contribution in [2.24, 2.45) is 0 Å². The summed E-state index contributed by atoms with van der Waals surface area (Å²) in [6.07, 6.45) is 7.12. The van der Waals surface area contributed by atoms with Gasteiger partial charge in [-0.1, -0.05) is 55.5 Å². The van der Waals surface area contributed by atoms with Crippen LogP contribution >= 0.6 is 0 Å². The molecule has 41 heavy (non-hydrogen) atoms. The Hall–Kier alpha value is -3.24. The third kappa shape index (κ3) is 12.9. The van der Waals surface area contributed by atoms with Crippen LogP contribution in [0.25, 0.3) is 0 Å². The first kappa shape index (κ1) is 32.3. The highest BCUT2D eigenvalue weighted by atomic mass is 16.5. The monoisotopic (exact) mass is 565 g/mol. The van der Waals surface area contributed by atoms with Gasteiger partial charge in [0.1, 0.15) is 36.9 Å². The van der Waals surface area contributed by atoms with Crippen LogP contribution in [-0.4, -0.2) is 76.3 Å². The Bertz CT molecular complexity index is 1140. The Morgan fingerprint density at radius 3 is 2.49 bits per heavy atom. The molecule has 9 nitrogen and oxygen atoms in total. The van der Waals surface area contributed by atoms with E-state index in [0.717, 1.165) is 68.0 Å². The largest absolute Gasteiger partial charge is 0.491 e. The zero-order chi connectivity index (χ0) is 29.3. The zero-order valence-corrected chi connectivity index (χ0v) is 24.5. The van der Waals surface area contributed by atoms with E-state index in [4.69, 9.17) is 9.47 Å². The Kier molecular flexibility index (Phi) is 14.4. The molecule has 3 rings (SSSR count). The molecule has 1 heterocycles. The van der Waals surface area contributed by atoms with Gasteiger partial charge in [-0.2, -0.15) is 0 Å². The molecule has 4 N–H and O–H groups in total. The van der Waals surface area contributed by atoms with Crippen LogP contribution in [0.1, 0.15) is 43.5 Å². The highest BCUT2D eigenvalue weighted by Crippen LogP contribution is 2.19. The SMILES string of the molecule is C=CCc1ccccc1OC[C@@H](O)CNCCCc1cn(CCCc2ccc(OC[C@@H](O)CNC(C)C)cc2)nn1. The van der Waals surface area contributed by atoms with E-state index in [1.165, 1.54) is 5.56 Å². The van der Waals surface area contributed by atoms with E-state index in [1.54, 1.807) is 0 Å². The lowest BCUT2D eigenvalue weighted by Gasteiger charge is -2.15. The summed E-state index contributed by atoms with van der Waals surface area (Å²) in [6.45, 7) is 11.0. The quantitative estimate of drug-likeness (QED) is 0.115. The lowest BCUT2D eigenvalue weighted by Crippen LogP contribution is -2.35. The summed E-state index contributed by atoms with van der Waals surface area (Å²) in [5.74, 6) is 1.56. The molecule has 2 aromatic carbocycles. The number of rotatable bonds is 21. The van der Waals surface area contributed by atoms with Crippen molar-refractivity contribution in [3.05, 3.63) is 84.2 Å². The molecule has 0 unspecified atom stereocenters. The normalized spacial score (nSPS) is 12.8. The molecule has 0 aliphatic heterocycles. The smallest absolute Gasteiger partial charge is 0.122 e. The molecule has 2 atom stereocenters. The van der Waals surface area contributed by atoms with Gasteiger partial charge in [0.25, 0.3) is 0 Å². The summed E-state index contributed by atoms with van der Waals surface area (Å²) in [5.41, 5.74) is 3.28. The molecule has 0 radical (unpaired) electrons. The fraction of sp³-hybridized carbons (Fsp3) is 0.500. The van der Waals surface area contributed by atoms with Gasteiger partial charge < -0.3 is 30.3 Å². The van der Waals surface area contributed by atoms with Crippen molar-refractivity contribution < 1.29 is 19.7 Å². The van der Waals surface area contributed by atoms with Crippen LogP contribution in [0.15, 0.2) is 67.4 Å². The van der Waals surface area contributed by atoms with Crippen LogP contribution in [0.5, 0.6) is 11.5 Å². The molecule has 3 aromatic rings. The van der Waals surface area contributed by atoms with Crippen molar-refractivity contribution >= 4 is 0 Å². The lowest BCUT2D eigenvalue weighted by molar-refractivity contribution is 0.104. The molecule has 0 saturated carbocycles. The van der Waals surface area contributed by atoms with Crippen molar-refractivity contribution in [2.75, 3.05) is 32.8 Å². The minimum absolute atomic E-state index is 0.244. The van der Waals surface area contributed by atoms with E-state index < -0.39 is 12.2 Å². The molecule has 0 fully saturated rings. The predicted molar refractivity (Wildman–Crippen MR) is 162 cm³/mol. The number of hydrogen-bond acceptors (Lipinski definition) is 8. The molecule has 224 valence electrons. The first-order chi connectivity index (χ1) is 19.9. The fourth-order valence-corrected chi connectivity index (χ4v) is 4.26. The van der Waals surface area contributed by atoms with Crippen LogP contribution < -0.4 is 20.1 Å². The lowest BCUT2D eigenvalue weighted by atomic mass is 10.1. The molecular formula is C32H47N5O4. The Morgan fingerprint density at radius 1 is 0.951 bits per heavy atom. The molecule has 0 aliphatic carbocycles. The van der Waals surface area contributed by atoms with Crippen molar-refractivity contribution in [2.45, 2.75) is 70.7 Å². The van der Waals surface area contributed by atoms with Gasteiger partial charge in [0.15, 0.2) is 0 Å². The Balaban J connectivity index is 1.24. The molecule has 0 spiro atoms. The average molecular weight is 566 g/mol. The molecule has 0 aliphatic rings. The molecule has 0 saturated heterocycles. The van der Waals surface area contributed by atoms with E-state index in [9.17, 15) is 10.2 Å². The highest BCUT2D eigenvalue weighted by Gasteiger charge is 2.09. The third-order valence-electron chi connectivity index (χ3n) is 6.50. The Morgan fingerprint density at radius 2 is 1.71 bits per heavy atom. The van der Waals surface area contributed by atoms with Crippen molar-refractivity contribution in [1.29, 1.82) is 0 Å². The van der Waals surface area contributed by atoms with E-state index in [1.807, 2.05) is 67.2 Å².